The maximum absolute atomic E-state index is 5.56. The summed E-state index contributed by atoms with van der Waals surface area (Å²) >= 11 is 0. The van der Waals surface area contributed by atoms with E-state index in [-0.39, 0.29) is 12.1 Å². The molecule has 2 aromatic rings. The highest BCUT2D eigenvalue weighted by Crippen LogP contribution is 2.12. The monoisotopic (exact) mass is 271 g/mol. The van der Waals surface area contributed by atoms with E-state index in [2.05, 4.69) is 46.5 Å². The Labute approximate surface area is 120 Å². The van der Waals surface area contributed by atoms with Crippen LogP contribution in [0.15, 0.2) is 42.6 Å². The smallest absolute Gasteiger partial charge is 0.226 e. The van der Waals surface area contributed by atoms with Gasteiger partial charge in [-0.25, -0.2) is 4.98 Å². The molecule has 0 saturated carbocycles. The van der Waals surface area contributed by atoms with E-state index in [0.717, 1.165) is 6.42 Å². The molecule has 1 unspecified atom stereocenters. The predicted octanol–water partition coefficient (Wildman–Crippen LogP) is 3.31. The Morgan fingerprint density at radius 3 is 2.55 bits per heavy atom. The zero-order valence-corrected chi connectivity index (χ0v) is 12.2. The fourth-order valence-electron chi connectivity index (χ4n) is 1.96. The first-order valence-corrected chi connectivity index (χ1v) is 6.93. The molecule has 0 bridgehead atoms. The van der Waals surface area contributed by atoms with Crippen LogP contribution in [0.5, 0.6) is 5.88 Å². The number of rotatable bonds is 6. The zero-order chi connectivity index (χ0) is 14.4. The minimum atomic E-state index is 0.111. The Balaban J connectivity index is 1.95. The van der Waals surface area contributed by atoms with E-state index >= 15 is 0 Å². The number of anilines is 1. The number of benzene rings is 1. The lowest BCUT2D eigenvalue weighted by molar-refractivity contribution is 0.232. The van der Waals surface area contributed by atoms with E-state index in [1.807, 2.05) is 19.9 Å². The van der Waals surface area contributed by atoms with E-state index < -0.39 is 0 Å². The molecule has 1 aromatic carbocycles. The molecular formula is C16H21N3O. The molecule has 0 spiro atoms. The van der Waals surface area contributed by atoms with Gasteiger partial charge in [-0.3, -0.25) is 0 Å². The summed E-state index contributed by atoms with van der Waals surface area (Å²) in [5.74, 6) is 1.20. The molecule has 0 aliphatic carbocycles. The van der Waals surface area contributed by atoms with Gasteiger partial charge in [-0.2, -0.15) is 4.98 Å². The summed E-state index contributed by atoms with van der Waals surface area (Å²) in [7, 11) is 0. The molecule has 0 aliphatic heterocycles. The number of hydrogen-bond acceptors (Lipinski definition) is 4. The molecule has 0 aliphatic rings. The highest BCUT2D eigenvalue weighted by atomic mass is 16.5. The van der Waals surface area contributed by atoms with Gasteiger partial charge in [0, 0.05) is 18.3 Å². The van der Waals surface area contributed by atoms with Crippen molar-refractivity contribution in [2.45, 2.75) is 39.3 Å². The maximum atomic E-state index is 5.56. The molecule has 1 heterocycles. The summed E-state index contributed by atoms with van der Waals surface area (Å²) < 4.78 is 5.56. The first kappa shape index (κ1) is 14.3. The first-order valence-electron chi connectivity index (χ1n) is 6.93. The summed E-state index contributed by atoms with van der Waals surface area (Å²) in [6, 6.07) is 12.4. The molecule has 4 heteroatoms. The van der Waals surface area contributed by atoms with Gasteiger partial charge in [0.2, 0.25) is 11.8 Å². The number of ether oxygens (including phenoxy) is 1. The summed E-state index contributed by atoms with van der Waals surface area (Å²) in [6.07, 6.45) is 2.75. The van der Waals surface area contributed by atoms with Gasteiger partial charge < -0.3 is 10.1 Å². The summed E-state index contributed by atoms with van der Waals surface area (Å²) in [6.45, 7) is 6.08. The predicted molar refractivity (Wildman–Crippen MR) is 81.0 cm³/mol. The van der Waals surface area contributed by atoms with Crippen LogP contribution in [-0.4, -0.2) is 22.1 Å². The highest BCUT2D eigenvalue weighted by Gasteiger charge is 2.07. The summed E-state index contributed by atoms with van der Waals surface area (Å²) in [5, 5.41) is 3.30. The third-order valence-electron chi connectivity index (χ3n) is 2.75. The van der Waals surface area contributed by atoms with Crippen LogP contribution in [0.2, 0.25) is 0 Å². The van der Waals surface area contributed by atoms with E-state index in [1.165, 1.54) is 5.56 Å². The molecule has 4 nitrogen and oxygen atoms in total. The van der Waals surface area contributed by atoms with Gasteiger partial charge in [-0.05, 0) is 32.8 Å². The number of hydrogen-bond donors (Lipinski definition) is 1. The van der Waals surface area contributed by atoms with Crippen molar-refractivity contribution in [1.82, 2.24) is 9.97 Å². The minimum absolute atomic E-state index is 0.111. The Morgan fingerprint density at radius 1 is 1.10 bits per heavy atom. The summed E-state index contributed by atoms with van der Waals surface area (Å²) in [5.41, 5.74) is 1.29. The van der Waals surface area contributed by atoms with Crippen molar-refractivity contribution in [2.24, 2.45) is 0 Å². The van der Waals surface area contributed by atoms with Crippen LogP contribution >= 0.6 is 0 Å². The van der Waals surface area contributed by atoms with Gasteiger partial charge in [0.15, 0.2) is 0 Å². The molecule has 0 radical (unpaired) electrons. The second-order valence-electron chi connectivity index (χ2n) is 5.12. The van der Waals surface area contributed by atoms with Crippen LogP contribution in [-0.2, 0) is 6.42 Å². The fourth-order valence-corrected chi connectivity index (χ4v) is 1.96. The molecule has 0 fully saturated rings. The molecule has 20 heavy (non-hydrogen) atoms. The molecule has 0 amide bonds. The van der Waals surface area contributed by atoms with Crippen LogP contribution in [0.25, 0.3) is 0 Å². The first-order chi connectivity index (χ1) is 9.63. The molecule has 1 aromatic heterocycles. The van der Waals surface area contributed by atoms with E-state index in [1.54, 1.807) is 12.3 Å². The van der Waals surface area contributed by atoms with Crippen LogP contribution in [0.1, 0.15) is 26.3 Å². The van der Waals surface area contributed by atoms with Crippen LogP contribution in [0.4, 0.5) is 5.95 Å². The number of aromatic nitrogens is 2. The average Bonchev–Trinajstić information content (AvgIpc) is 2.39. The second kappa shape index (κ2) is 6.89. The van der Waals surface area contributed by atoms with Gasteiger partial charge in [0.25, 0.3) is 0 Å². The van der Waals surface area contributed by atoms with Crippen molar-refractivity contribution >= 4 is 5.95 Å². The van der Waals surface area contributed by atoms with Crippen molar-refractivity contribution in [3.63, 3.8) is 0 Å². The average molecular weight is 271 g/mol. The van der Waals surface area contributed by atoms with Crippen LogP contribution in [0, 0.1) is 0 Å². The van der Waals surface area contributed by atoms with Gasteiger partial charge in [0.1, 0.15) is 0 Å². The molecule has 2 rings (SSSR count). The quantitative estimate of drug-likeness (QED) is 0.875. The third-order valence-corrected chi connectivity index (χ3v) is 2.75. The maximum Gasteiger partial charge on any atom is 0.226 e. The van der Waals surface area contributed by atoms with Gasteiger partial charge in [-0.1, -0.05) is 30.3 Å². The van der Waals surface area contributed by atoms with Crippen molar-refractivity contribution in [1.29, 1.82) is 0 Å². The Bertz CT molecular complexity index is 528. The van der Waals surface area contributed by atoms with E-state index in [4.69, 9.17) is 4.74 Å². The lowest BCUT2D eigenvalue weighted by Gasteiger charge is -2.15. The van der Waals surface area contributed by atoms with E-state index in [9.17, 15) is 0 Å². The summed E-state index contributed by atoms with van der Waals surface area (Å²) in [4.78, 5) is 8.58. The van der Waals surface area contributed by atoms with Crippen molar-refractivity contribution < 1.29 is 4.74 Å². The Morgan fingerprint density at radius 2 is 1.85 bits per heavy atom. The minimum Gasteiger partial charge on any atom is -0.475 e. The molecule has 1 N–H and O–H groups in total. The molecule has 1 atom stereocenters. The largest absolute Gasteiger partial charge is 0.475 e. The van der Waals surface area contributed by atoms with Crippen molar-refractivity contribution in [2.75, 3.05) is 5.32 Å². The highest BCUT2D eigenvalue weighted by molar-refractivity contribution is 5.29. The lowest BCUT2D eigenvalue weighted by Crippen LogP contribution is -2.20. The Hall–Kier alpha value is -2.10. The van der Waals surface area contributed by atoms with Crippen molar-refractivity contribution in [3.8, 4) is 5.88 Å². The Kier molecular flexibility index (Phi) is 4.93. The third kappa shape index (κ3) is 4.53. The van der Waals surface area contributed by atoms with Crippen LogP contribution < -0.4 is 10.1 Å². The lowest BCUT2D eigenvalue weighted by atomic mass is 10.1. The molecular weight excluding hydrogens is 250 g/mol. The fraction of sp³-hybridized carbons (Fsp3) is 0.375. The SMILES string of the molecule is CC(Cc1ccccc1)Nc1nccc(OC(C)C)n1. The second-order valence-corrected chi connectivity index (χ2v) is 5.12. The van der Waals surface area contributed by atoms with E-state index in [0.29, 0.717) is 11.8 Å². The molecule has 0 saturated heterocycles. The van der Waals surface area contributed by atoms with Gasteiger partial charge >= 0.3 is 0 Å². The molecule has 106 valence electrons. The number of nitrogens with one attached hydrogen (secondary N) is 1. The van der Waals surface area contributed by atoms with Crippen molar-refractivity contribution in [3.05, 3.63) is 48.2 Å². The van der Waals surface area contributed by atoms with Crippen LogP contribution in [0.3, 0.4) is 0 Å². The standard InChI is InChI=1S/C16H21N3O/c1-12(2)20-15-9-10-17-16(19-15)18-13(3)11-14-7-5-4-6-8-14/h4-10,12-13H,11H2,1-3H3,(H,17,18,19). The normalized spacial score (nSPS) is 12.2. The topological polar surface area (TPSA) is 47.0 Å². The zero-order valence-electron chi connectivity index (χ0n) is 12.2. The van der Waals surface area contributed by atoms with Gasteiger partial charge in [0.05, 0.1) is 6.10 Å². The number of nitrogens with zero attached hydrogens (tertiary/aromatic N) is 2. The van der Waals surface area contributed by atoms with Gasteiger partial charge in [-0.15, -0.1) is 0 Å².